The van der Waals surface area contributed by atoms with Crippen LogP contribution in [0, 0.1) is 0 Å². The molecule has 8 atom stereocenters. The number of aromatic nitrogens is 8. The molecule has 220 valence electrons. The molecule has 2 fully saturated rings. The highest BCUT2D eigenvalue weighted by Gasteiger charge is 2.46. The molecular weight excluding hydrogens is 605 g/mol. The second kappa shape index (κ2) is 10.8. The van der Waals surface area contributed by atoms with Crippen LogP contribution in [-0.2, 0) is 30.3 Å². The first-order valence-electron chi connectivity index (χ1n) is 12.1. The number of nitrogens with zero attached hydrogens (tertiary/aromatic N) is 6. The van der Waals surface area contributed by atoms with Gasteiger partial charge in [0.25, 0.3) is 11.1 Å². The number of H-pyrrole nitrogens is 2. The van der Waals surface area contributed by atoms with E-state index in [9.17, 15) is 24.9 Å². The van der Waals surface area contributed by atoms with E-state index < -0.39 is 59.8 Å². The smallest absolute Gasteiger partial charge is 0.280 e. The van der Waals surface area contributed by atoms with Gasteiger partial charge in [-0.1, -0.05) is 12.2 Å². The summed E-state index contributed by atoms with van der Waals surface area (Å²) in [5.74, 6) is -0.122. The SMILES string of the molecule is Nc1nc2c(ncn2[C@@H]2O[C@H](CO)C[C@H]2OP(=S)(S)OC[C@H]2O[C@@H](n3cnc4c(=O)[nH]cnc43)[C@H](O)[C@@H]2O)c(=O)[nH]1. The van der Waals surface area contributed by atoms with Crippen LogP contribution in [0.25, 0.3) is 22.3 Å². The summed E-state index contributed by atoms with van der Waals surface area (Å²) in [6, 6.07) is 0. The molecule has 4 aromatic heterocycles. The quantitative estimate of drug-likeness (QED) is 0.0846. The van der Waals surface area contributed by atoms with Crippen LogP contribution in [0.4, 0.5) is 5.95 Å². The van der Waals surface area contributed by atoms with Crippen molar-refractivity contribution in [1.29, 1.82) is 0 Å². The van der Waals surface area contributed by atoms with Gasteiger partial charge in [0.15, 0.2) is 34.8 Å². The number of nitrogens with two attached hydrogens (primary N) is 1. The van der Waals surface area contributed by atoms with Crippen molar-refractivity contribution in [3.63, 3.8) is 0 Å². The number of nitrogens with one attached hydrogen (secondary N) is 2. The van der Waals surface area contributed by atoms with Gasteiger partial charge in [-0.15, -0.1) is 0 Å². The second-order valence-corrected chi connectivity index (χ2v) is 14.6. The lowest BCUT2D eigenvalue weighted by Gasteiger charge is -2.26. The topological polar surface area (TPSA) is 251 Å². The fourth-order valence-electron chi connectivity index (χ4n) is 4.82. The van der Waals surface area contributed by atoms with Gasteiger partial charge >= 0.3 is 0 Å². The highest BCUT2D eigenvalue weighted by molar-refractivity contribution is 8.60. The first kappa shape index (κ1) is 28.3. The summed E-state index contributed by atoms with van der Waals surface area (Å²) in [5, 5.41) is 31.0. The van der Waals surface area contributed by atoms with Crippen LogP contribution in [-0.4, -0.2) is 98.1 Å². The van der Waals surface area contributed by atoms with Crippen LogP contribution >= 0.6 is 17.9 Å². The normalized spacial score (nSPS) is 29.9. The van der Waals surface area contributed by atoms with E-state index in [1.54, 1.807) is 0 Å². The summed E-state index contributed by atoms with van der Waals surface area (Å²) in [6.45, 7) is -0.625. The molecule has 0 aromatic carbocycles. The average Bonchev–Trinajstić information content (AvgIpc) is 3.69. The fourth-order valence-corrected chi connectivity index (χ4v) is 6.82. The van der Waals surface area contributed by atoms with Crippen molar-refractivity contribution >= 4 is 58.0 Å². The van der Waals surface area contributed by atoms with Gasteiger partial charge in [-0.3, -0.25) is 23.7 Å². The maximum atomic E-state index is 12.2. The van der Waals surface area contributed by atoms with Crippen LogP contribution in [0.3, 0.4) is 0 Å². The van der Waals surface area contributed by atoms with E-state index in [2.05, 4.69) is 42.2 Å². The minimum absolute atomic E-state index is 0.0292. The highest BCUT2D eigenvalue weighted by atomic mass is 32.9. The molecule has 6 rings (SSSR count). The van der Waals surface area contributed by atoms with Crippen molar-refractivity contribution in [2.24, 2.45) is 0 Å². The van der Waals surface area contributed by atoms with Crippen molar-refractivity contribution in [3.8, 4) is 0 Å². The predicted molar refractivity (Wildman–Crippen MR) is 146 cm³/mol. The van der Waals surface area contributed by atoms with Crippen LogP contribution in [0.5, 0.6) is 0 Å². The molecule has 0 radical (unpaired) electrons. The van der Waals surface area contributed by atoms with Gasteiger partial charge in [-0.25, -0.2) is 15.0 Å². The number of hydrogen-bond acceptors (Lipinski definition) is 15. The van der Waals surface area contributed by atoms with Crippen LogP contribution in [0.15, 0.2) is 28.6 Å². The molecule has 0 bridgehead atoms. The maximum absolute atomic E-state index is 12.2. The molecule has 4 aromatic rings. The monoisotopic (exact) mass is 629 g/mol. The molecule has 7 N–H and O–H groups in total. The van der Waals surface area contributed by atoms with E-state index in [-0.39, 0.29) is 47.9 Å². The Hall–Kier alpha value is -2.78. The number of imidazole rings is 2. The van der Waals surface area contributed by atoms with E-state index in [1.807, 2.05) is 0 Å². The standard InChI is InChI=1S/C20H24N9O9PS2/c21-20-26-15-11(17(34)27-20)25-6-29(15)18-8(1-7(2-30)36-18)38-39(40,41)35-3-9-12(31)13(32)19(37-9)28-5-24-10-14(28)22-4-23-16(10)33/h4-9,12-13,18-19,30-32H,1-3H2,(H,40,41)(H,22,23,33)(H3,21,26,27,34)/t7-,8+,9+,12+,13+,18+,19+/m0/s1. The molecular formula is C20H24N9O9PS2. The largest absolute Gasteiger partial charge is 0.394 e. The Morgan fingerprint density at radius 2 is 1.80 bits per heavy atom. The highest BCUT2D eigenvalue weighted by Crippen LogP contribution is 2.57. The Morgan fingerprint density at radius 1 is 1.10 bits per heavy atom. The second-order valence-electron chi connectivity index (χ2n) is 9.35. The number of rotatable bonds is 8. The number of hydrogen-bond donors (Lipinski definition) is 7. The summed E-state index contributed by atoms with van der Waals surface area (Å²) >= 11 is 9.91. The summed E-state index contributed by atoms with van der Waals surface area (Å²) in [7, 11) is 0. The van der Waals surface area contributed by atoms with Gasteiger partial charge in [0.2, 0.25) is 11.6 Å². The van der Waals surface area contributed by atoms with Crippen molar-refractivity contribution < 1.29 is 33.8 Å². The molecule has 18 nitrogen and oxygen atoms in total. The molecule has 0 amide bonds. The van der Waals surface area contributed by atoms with Gasteiger partial charge in [0.05, 0.1) is 38.3 Å². The van der Waals surface area contributed by atoms with Crippen molar-refractivity contribution in [1.82, 2.24) is 39.0 Å². The number of aliphatic hydroxyl groups is 3. The predicted octanol–water partition coefficient (Wildman–Crippen LogP) is -1.71. The third-order valence-corrected chi connectivity index (χ3v) is 8.94. The Morgan fingerprint density at radius 3 is 2.54 bits per heavy atom. The lowest BCUT2D eigenvalue weighted by Crippen LogP contribution is -2.33. The summed E-state index contributed by atoms with van der Waals surface area (Å²) in [6.07, 6.45) is -3.31. The molecule has 2 saturated heterocycles. The Kier molecular flexibility index (Phi) is 7.47. The lowest BCUT2D eigenvalue weighted by atomic mass is 10.1. The Balaban J connectivity index is 1.17. The van der Waals surface area contributed by atoms with E-state index in [0.29, 0.717) is 0 Å². The van der Waals surface area contributed by atoms with Gasteiger partial charge in [-0.05, 0) is 11.8 Å². The van der Waals surface area contributed by atoms with E-state index in [0.717, 1.165) is 0 Å². The van der Waals surface area contributed by atoms with E-state index >= 15 is 0 Å². The molecule has 0 spiro atoms. The summed E-state index contributed by atoms with van der Waals surface area (Å²) in [5.41, 5.74) is 1.71. The first-order valence-corrected chi connectivity index (χ1v) is 15.9. The molecule has 0 aliphatic carbocycles. The van der Waals surface area contributed by atoms with E-state index in [4.69, 9.17) is 36.1 Å². The number of ether oxygens (including phenoxy) is 2. The van der Waals surface area contributed by atoms with Gasteiger partial charge in [0.1, 0.15) is 24.4 Å². The number of aromatic amines is 2. The maximum Gasteiger partial charge on any atom is 0.280 e. The average molecular weight is 630 g/mol. The van der Waals surface area contributed by atoms with Gasteiger partial charge in [-0.2, -0.15) is 4.98 Å². The zero-order valence-corrected chi connectivity index (χ0v) is 23.4. The minimum atomic E-state index is -3.35. The molecule has 21 heteroatoms. The number of aliphatic hydroxyl groups excluding tert-OH is 3. The van der Waals surface area contributed by atoms with Crippen molar-refractivity contribution in [3.05, 3.63) is 39.7 Å². The van der Waals surface area contributed by atoms with Crippen LogP contribution < -0.4 is 16.9 Å². The number of nitrogen functional groups attached to an aromatic ring is 1. The molecule has 2 aliphatic heterocycles. The molecule has 0 saturated carbocycles. The van der Waals surface area contributed by atoms with E-state index in [1.165, 1.54) is 28.1 Å². The number of anilines is 1. The van der Waals surface area contributed by atoms with Gasteiger partial charge in [0, 0.05) is 6.42 Å². The Labute approximate surface area is 238 Å². The van der Waals surface area contributed by atoms with Crippen LogP contribution in [0.2, 0.25) is 0 Å². The van der Waals surface area contributed by atoms with Crippen molar-refractivity contribution in [2.75, 3.05) is 18.9 Å². The zero-order chi connectivity index (χ0) is 29.1. The molecule has 41 heavy (non-hydrogen) atoms. The summed E-state index contributed by atoms with van der Waals surface area (Å²) < 4.78 is 26.3. The zero-order valence-electron chi connectivity index (χ0n) is 20.7. The van der Waals surface area contributed by atoms with Crippen LogP contribution in [0.1, 0.15) is 18.9 Å². The number of thiol groups is 1. The lowest BCUT2D eigenvalue weighted by molar-refractivity contribution is -0.0526. The summed E-state index contributed by atoms with van der Waals surface area (Å²) in [4.78, 5) is 45.3. The minimum Gasteiger partial charge on any atom is -0.394 e. The number of fused-ring (bicyclic) bond motifs is 2. The fraction of sp³-hybridized carbons (Fsp3) is 0.500. The first-order chi connectivity index (χ1) is 19.6. The molecule has 2 aliphatic rings. The van der Waals surface area contributed by atoms with Crippen molar-refractivity contribution in [2.45, 2.75) is 49.4 Å². The Bertz CT molecular complexity index is 1760. The van der Waals surface area contributed by atoms with Gasteiger partial charge < -0.3 is 44.6 Å². The molecule has 1 unspecified atom stereocenters. The third-order valence-electron chi connectivity index (χ3n) is 6.72. The third kappa shape index (κ3) is 5.20. The molecule has 6 heterocycles.